The lowest BCUT2D eigenvalue weighted by Gasteiger charge is -2.15. The molecule has 3 rings (SSSR count). The van der Waals surface area contributed by atoms with E-state index in [-0.39, 0.29) is 11.9 Å². The molecule has 0 bridgehead atoms. The van der Waals surface area contributed by atoms with E-state index in [4.69, 9.17) is 11.6 Å². The van der Waals surface area contributed by atoms with Gasteiger partial charge in [0.1, 0.15) is 5.82 Å². The average molecular weight is 306 g/mol. The normalized spacial score (nSPS) is 12.8. The van der Waals surface area contributed by atoms with Crippen molar-refractivity contribution in [1.82, 2.24) is 5.32 Å². The van der Waals surface area contributed by atoms with Crippen LogP contribution >= 0.6 is 22.9 Å². The smallest absolute Gasteiger partial charge is 0.129 e. The zero-order valence-electron chi connectivity index (χ0n) is 10.9. The van der Waals surface area contributed by atoms with Gasteiger partial charge in [-0.15, -0.1) is 11.3 Å². The number of halogens is 2. The molecule has 0 radical (unpaired) electrons. The molecule has 1 heterocycles. The summed E-state index contributed by atoms with van der Waals surface area (Å²) in [6.45, 7) is 0. The molecule has 4 heteroatoms. The Balaban J connectivity index is 2.08. The summed E-state index contributed by atoms with van der Waals surface area (Å²) in [5.41, 5.74) is 0.614. The lowest BCUT2D eigenvalue weighted by atomic mass is 10.0. The fraction of sp³-hybridized carbons (Fsp3) is 0.125. The SMILES string of the molecule is CNC(c1cc2ccccc2s1)c1ccc(Cl)cc1F. The second-order valence-corrected chi connectivity index (χ2v) is 6.13. The first kappa shape index (κ1) is 13.6. The molecule has 1 N–H and O–H groups in total. The summed E-state index contributed by atoms with van der Waals surface area (Å²) in [6, 6.07) is 14.9. The van der Waals surface area contributed by atoms with Gasteiger partial charge in [0.25, 0.3) is 0 Å². The number of hydrogen-bond donors (Lipinski definition) is 1. The molecular formula is C16H13ClFNS. The maximum Gasteiger partial charge on any atom is 0.129 e. The molecule has 1 unspecified atom stereocenters. The Kier molecular flexibility index (Phi) is 3.74. The predicted molar refractivity (Wildman–Crippen MR) is 84.1 cm³/mol. The molecule has 0 aliphatic rings. The largest absolute Gasteiger partial charge is 0.309 e. The third kappa shape index (κ3) is 2.44. The van der Waals surface area contributed by atoms with Gasteiger partial charge in [-0.05, 0) is 36.7 Å². The van der Waals surface area contributed by atoms with Crippen molar-refractivity contribution in [3.63, 3.8) is 0 Å². The Bertz CT molecular complexity index is 720. The summed E-state index contributed by atoms with van der Waals surface area (Å²) in [7, 11) is 1.84. The van der Waals surface area contributed by atoms with Gasteiger partial charge in [0, 0.05) is 20.2 Å². The minimum absolute atomic E-state index is 0.162. The number of rotatable bonds is 3. The van der Waals surface area contributed by atoms with Crippen LogP contribution in [-0.2, 0) is 0 Å². The molecular weight excluding hydrogens is 293 g/mol. The molecule has 1 aromatic heterocycles. The summed E-state index contributed by atoms with van der Waals surface area (Å²) in [5, 5.41) is 4.78. The molecule has 1 nitrogen and oxygen atoms in total. The third-order valence-corrected chi connectivity index (χ3v) is 4.71. The van der Waals surface area contributed by atoms with Crippen LogP contribution in [0.2, 0.25) is 5.02 Å². The number of nitrogens with one attached hydrogen (secondary N) is 1. The van der Waals surface area contributed by atoms with Crippen LogP contribution in [-0.4, -0.2) is 7.05 Å². The summed E-state index contributed by atoms with van der Waals surface area (Å²) < 4.78 is 15.3. The molecule has 0 saturated carbocycles. The second kappa shape index (κ2) is 5.52. The fourth-order valence-electron chi connectivity index (χ4n) is 2.33. The zero-order valence-corrected chi connectivity index (χ0v) is 12.4. The molecule has 1 atom stereocenters. The van der Waals surface area contributed by atoms with E-state index >= 15 is 0 Å². The third-order valence-electron chi connectivity index (χ3n) is 3.29. The zero-order chi connectivity index (χ0) is 14.1. The predicted octanol–water partition coefficient (Wildman–Crippen LogP) is 5.00. The average Bonchev–Trinajstić information content (AvgIpc) is 2.85. The minimum Gasteiger partial charge on any atom is -0.309 e. The topological polar surface area (TPSA) is 12.0 Å². The van der Waals surface area contributed by atoms with Crippen molar-refractivity contribution in [3.8, 4) is 0 Å². The Labute approximate surface area is 126 Å². The summed E-state index contributed by atoms with van der Waals surface area (Å²) in [6.07, 6.45) is 0. The van der Waals surface area contributed by atoms with E-state index in [1.54, 1.807) is 23.5 Å². The monoisotopic (exact) mass is 305 g/mol. The van der Waals surface area contributed by atoms with Crippen LogP contribution in [0.1, 0.15) is 16.5 Å². The van der Waals surface area contributed by atoms with E-state index in [2.05, 4.69) is 23.5 Å². The molecule has 2 aromatic carbocycles. The molecule has 3 aromatic rings. The van der Waals surface area contributed by atoms with E-state index in [0.717, 1.165) is 4.88 Å². The summed E-state index contributed by atoms with van der Waals surface area (Å²) in [5.74, 6) is -0.283. The van der Waals surface area contributed by atoms with Crippen LogP contribution in [0.4, 0.5) is 4.39 Å². The van der Waals surface area contributed by atoms with Crippen molar-refractivity contribution in [2.24, 2.45) is 0 Å². The highest BCUT2D eigenvalue weighted by Gasteiger charge is 2.18. The number of fused-ring (bicyclic) bond motifs is 1. The standard InChI is InChI=1S/C16H13ClFNS/c1-19-16(12-7-6-11(17)9-13(12)18)15-8-10-4-2-3-5-14(10)20-15/h2-9,16,19H,1H3. The van der Waals surface area contributed by atoms with Gasteiger partial charge < -0.3 is 5.32 Å². The van der Waals surface area contributed by atoms with Crippen LogP contribution in [0.3, 0.4) is 0 Å². The first-order valence-corrected chi connectivity index (χ1v) is 7.49. The van der Waals surface area contributed by atoms with E-state index in [0.29, 0.717) is 10.6 Å². The van der Waals surface area contributed by atoms with Crippen LogP contribution in [0.25, 0.3) is 10.1 Å². The molecule has 0 spiro atoms. The summed E-state index contributed by atoms with van der Waals surface area (Å²) >= 11 is 7.49. The second-order valence-electron chi connectivity index (χ2n) is 4.57. The van der Waals surface area contributed by atoms with E-state index in [1.165, 1.54) is 16.2 Å². The quantitative estimate of drug-likeness (QED) is 0.718. The van der Waals surface area contributed by atoms with E-state index in [1.807, 2.05) is 19.2 Å². The van der Waals surface area contributed by atoms with Gasteiger partial charge in [-0.25, -0.2) is 4.39 Å². The molecule has 0 saturated heterocycles. The van der Waals surface area contributed by atoms with Gasteiger partial charge in [0.05, 0.1) is 6.04 Å². The molecule has 20 heavy (non-hydrogen) atoms. The van der Waals surface area contributed by atoms with Gasteiger partial charge in [-0.1, -0.05) is 35.9 Å². The molecule has 0 aliphatic heterocycles. The van der Waals surface area contributed by atoms with E-state index < -0.39 is 0 Å². The maximum absolute atomic E-state index is 14.1. The first-order valence-electron chi connectivity index (χ1n) is 6.29. The van der Waals surface area contributed by atoms with Gasteiger partial charge in [0.2, 0.25) is 0 Å². The van der Waals surface area contributed by atoms with Crippen LogP contribution in [0.15, 0.2) is 48.5 Å². The van der Waals surface area contributed by atoms with Crippen molar-refractivity contribution in [1.29, 1.82) is 0 Å². The lowest BCUT2D eigenvalue weighted by Crippen LogP contribution is -2.17. The first-order chi connectivity index (χ1) is 9.69. The van der Waals surface area contributed by atoms with Gasteiger partial charge >= 0.3 is 0 Å². The number of hydrogen-bond acceptors (Lipinski definition) is 2. The Morgan fingerprint density at radius 1 is 1.15 bits per heavy atom. The van der Waals surface area contributed by atoms with Crippen LogP contribution in [0, 0.1) is 5.82 Å². The molecule has 0 amide bonds. The highest BCUT2D eigenvalue weighted by molar-refractivity contribution is 7.19. The lowest BCUT2D eigenvalue weighted by molar-refractivity contribution is 0.579. The van der Waals surface area contributed by atoms with Crippen molar-refractivity contribution in [3.05, 3.63) is 69.8 Å². The minimum atomic E-state index is -0.283. The Morgan fingerprint density at radius 3 is 2.65 bits per heavy atom. The number of thiophene rings is 1. The van der Waals surface area contributed by atoms with Gasteiger partial charge in [-0.2, -0.15) is 0 Å². The Hall–Kier alpha value is -1.42. The Morgan fingerprint density at radius 2 is 1.95 bits per heavy atom. The number of benzene rings is 2. The molecule has 102 valence electrons. The van der Waals surface area contributed by atoms with Crippen molar-refractivity contribution >= 4 is 33.0 Å². The highest BCUT2D eigenvalue weighted by atomic mass is 35.5. The van der Waals surface area contributed by atoms with Crippen molar-refractivity contribution < 1.29 is 4.39 Å². The molecule has 0 aliphatic carbocycles. The van der Waals surface area contributed by atoms with Gasteiger partial charge in [-0.3, -0.25) is 0 Å². The maximum atomic E-state index is 14.1. The molecule has 0 fully saturated rings. The summed E-state index contributed by atoms with van der Waals surface area (Å²) in [4.78, 5) is 1.09. The van der Waals surface area contributed by atoms with Crippen LogP contribution in [0.5, 0.6) is 0 Å². The van der Waals surface area contributed by atoms with Crippen LogP contribution < -0.4 is 5.32 Å². The highest BCUT2D eigenvalue weighted by Crippen LogP contribution is 2.34. The van der Waals surface area contributed by atoms with Crippen molar-refractivity contribution in [2.45, 2.75) is 6.04 Å². The van der Waals surface area contributed by atoms with Gasteiger partial charge in [0.15, 0.2) is 0 Å². The fourth-order valence-corrected chi connectivity index (χ4v) is 3.68. The van der Waals surface area contributed by atoms with Crippen molar-refractivity contribution in [2.75, 3.05) is 7.05 Å². The van der Waals surface area contributed by atoms with E-state index in [9.17, 15) is 4.39 Å².